The molecule has 3 heterocycles. The van der Waals surface area contributed by atoms with Gasteiger partial charge in [-0.15, -0.1) is 10.2 Å². The summed E-state index contributed by atoms with van der Waals surface area (Å²) in [5, 5.41) is 11.0. The smallest absolute Gasteiger partial charge is 0.416 e. The van der Waals surface area contributed by atoms with Crippen LogP contribution < -0.4 is 10.2 Å². The maximum Gasteiger partial charge on any atom is 0.416 e. The third-order valence-corrected chi connectivity index (χ3v) is 5.42. The fourth-order valence-corrected chi connectivity index (χ4v) is 3.65. The molecule has 1 amide bonds. The minimum absolute atomic E-state index is 0.0494. The summed E-state index contributed by atoms with van der Waals surface area (Å²) in [6, 6.07) is 9.98. The number of anilines is 2. The normalized spacial score (nSPS) is 16.9. The molecular weight excluding hydrogens is 433 g/mol. The first-order chi connectivity index (χ1) is 14.8. The van der Waals surface area contributed by atoms with E-state index in [1.807, 2.05) is 4.90 Å². The third kappa shape index (κ3) is 4.82. The van der Waals surface area contributed by atoms with Gasteiger partial charge in [0, 0.05) is 13.1 Å². The summed E-state index contributed by atoms with van der Waals surface area (Å²) in [6.07, 6.45) is -1.63. The van der Waals surface area contributed by atoms with Gasteiger partial charge in [-0.05, 0) is 55.3 Å². The van der Waals surface area contributed by atoms with Crippen LogP contribution in [0.4, 0.5) is 24.7 Å². The van der Waals surface area contributed by atoms with Gasteiger partial charge in [0.1, 0.15) is 5.69 Å². The average Bonchev–Trinajstić information content (AvgIpc) is 3.30. The molecule has 1 atom stereocenters. The number of aromatic nitrogens is 2. The second-order valence-corrected chi connectivity index (χ2v) is 7.63. The monoisotopic (exact) mass is 450 g/mol. The largest absolute Gasteiger partial charge is 0.463 e. The van der Waals surface area contributed by atoms with Gasteiger partial charge in [0.15, 0.2) is 11.6 Å². The predicted octanol–water partition coefficient (Wildman–Crippen LogP) is 5.26. The van der Waals surface area contributed by atoms with Gasteiger partial charge in [-0.2, -0.15) is 13.2 Å². The number of hydrogen-bond donors (Lipinski definition) is 1. The Morgan fingerprint density at radius 3 is 2.71 bits per heavy atom. The standard InChI is InChI=1S/C21H18ClF3N4O2/c22-15-6-5-14(21(23,24)25)11-17(15)26-20(30)13-3-1-9-29(12-13)19-8-7-16(27-28-19)18-4-2-10-31-18/h2,4-8,10-11,13H,1,3,9,12H2,(H,26,30). The molecule has 31 heavy (non-hydrogen) atoms. The summed E-state index contributed by atoms with van der Waals surface area (Å²) in [4.78, 5) is 14.7. The number of nitrogens with one attached hydrogen (secondary N) is 1. The molecule has 1 fully saturated rings. The molecule has 3 aromatic rings. The highest BCUT2D eigenvalue weighted by molar-refractivity contribution is 6.33. The maximum atomic E-state index is 13.0. The first kappa shape index (κ1) is 21.2. The van der Waals surface area contributed by atoms with Crippen LogP contribution >= 0.6 is 11.6 Å². The van der Waals surface area contributed by atoms with Crippen LogP contribution in [0.3, 0.4) is 0 Å². The zero-order valence-corrected chi connectivity index (χ0v) is 17.0. The molecule has 1 saturated heterocycles. The number of benzene rings is 1. The fourth-order valence-electron chi connectivity index (χ4n) is 3.48. The van der Waals surface area contributed by atoms with Crippen molar-refractivity contribution in [3.8, 4) is 11.5 Å². The van der Waals surface area contributed by atoms with E-state index in [0.29, 0.717) is 36.8 Å². The summed E-state index contributed by atoms with van der Waals surface area (Å²) in [7, 11) is 0. The number of nitrogens with zero attached hydrogens (tertiary/aromatic N) is 3. The molecule has 0 bridgehead atoms. The Bertz CT molecular complexity index is 1060. The molecule has 0 spiro atoms. The van der Waals surface area contributed by atoms with Gasteiger partial charge >= 0.3 is 6.18 Å². The quantitative estimate of drug-likeness (QED) is 0.586. The van der Waals surface area contributed by atoms with E-state index in [0.717, 1.165) is 24.6 Å². The van der Waals surface area contributed by atoms with Crippen molar-refractivity contribution in [2.24, 2.45) is 5.92 Å². The Balaban J connectivity index is 1.44. The van der Waals surface area contributed by atoms with Gasteiger partial charge in [-0.1, -0.05) is 11.6 Å². The summed E-state index contributed by atoms with van der Waals surface area (Å²) < 4.78 is 44.2. The Morgan fingerprint density at radius 2 is 2.03 bits per heavy atom. The van der Waals surface area contributed by atoms with Crippen LogP contribution in [0.25, 0.3) is 11.5 Å². The molecule has 0 radical (unpaired) electrons. The van der Waals surface area contributed by atoms with Crippen molar-refractivity contribution in [3.63, 3.8) is 0 Å². The van der Waals surface area contributed by atoms with E-state index in [1.165, 1.54) is 0 Å². The van der Waals surface area contributed by atoms with Crippen molar-refractivity contribution in [2.75, 3.05) is 23.3 Å². The van der Waals surface area contributed by atoms with Crippen LogP contribution in [-0.2, 0) is 11.0 Å². The first-order valence-corrected chi connectivity index (χ1v) is 9.99. The van der Waals surface area contributed by atoms with Crippen molar-refractivity contribution in [1.82, 2.24) is 10.2 Å². The Labute approximate surface area is 181 Å². The molecule has 10 heteroatoms. The maximum absolute atomic E-state index is 13.0. The molecule has 0 saturated carbocycles. The van der Waals surface area contributed by atoms with Crippen molar-refractivity contribution in [1.29, 1.82) is 0 Å². The molecule has 162 valence electrons. The highest BCUT2D eigenvalue weighted by Gasteiger charge is 2.32. The van der Waals surface area contributed by atoms with E-state index in [2.05, 4.69) is 15.5 Å². The van der Waals surface area contributed by atoms with Gasteiger partial charge in [0.25, 0.3) is 0 Å². The number of carbonyl (C=O) groups excluding carboxylic acids is 1. The van der Waals surface area contributed by atoms with Crippen molar-refractivity contribution < 1.29 is 22.4 Å². The minimum atomic E-state index is -4.52. The van der Waals surface area contributed by atoms with E-state index >= 15 is 0 Å². The molecule has 1 N–H and O–H groups in total. The second-order valence-electron chi connectivity index (χ2n) is 7.22. The molecule has 1 aliphatic rings. The van der Waals surface area contributed by atoms with E-state index < -0.39 is 17.7 Å². The van der Waals surface area contributed by atoms with Gasteiger partial charge in [0.2, 0.25) is 5.91 Å². The number of alkyl halides is 3. The lowest BCUT2D eigenvalue weighted by molar-refractivity contribution is -0.137. The van der Waals surface area contributed by atoms with E-state index in [-0.39, 0.29) is 16.6 Å². The Morgan fingerprint density at radius 1 is 1.19 bits per heavy atom. The van der Waals surface area contributed by atoms with Crippen LogP contribution in [0.1, 0.15) is 18.4 Å². The molecule has 2 aromatic heterocycles. The fraction of sp³-hybridized carbons (Fsp3) is 0.286. The van der Waals surface area contributed by atoms with E-state index in [4.69, 9.17) is 16.0 Å². The highest BCUT2D eigenvalue weighted by atomic mass is 35.5. The van der Waals surface area contributed by atoms with Crippen LogP contribution in [0.15, 0.2) is 53.1 Å². The van der Waals surface area contributed by atoms with Gasteiger partial charge in [-0.3, -0.25) is 4.79 Å². The molecule has 1 unspecified atom stereocenters. The van der Waals surface area contributed by atoms with Crippen molar-refractivity contribution in [2.45, 2.75) is 19.0 Å². The van der Waals surface area contributed by atoms with Crippen LogP contribution in [0, 0.1) is 5.92 Å². The van der Waals surface area contributed by atoms with Crippen LogP contribution in [0.5, 0.6) is 0 Å². The number of hydrogen-bond acceptors (Lipinski definition) is 5. The Kier molecular flexibility index (Phi) is 5.86. The predicted molar refractivity (Wildman–Crippen MR) is 110 cm³/mol. The van der Waals surface area contributed by atoms with Crippen LogP contribution in [0.2, 0.25) is 5.02 Å². The van der Waals surface area contributed by atoms with Crippen LogP contribution in [-0.4, -0.2) is 29.2 Å². The number of piperidine rings is 1. The number of halogens is 4. The van der Waals surface area contributed by atoms with Gasteiger partial charge in [-0.25, -0.2) is 0 Å². The van der Waals surface area contributed by atoms with E-state index in [9.17, 15) is 18.0 Å². The van der Waals surface area contributed by atoms with Crippen molar-refractivity contribution >= 4 is 29.0 Å². The number of furan rings is 1. The van der Waals surface area contributed by atoms with Gasteiger partial charge in [0.05, 0.1) is 28.5 Å². The van der Waals surface area contributed by atoms with E-state index in [1.54, 1.807) is 30.5 Å². The molecular formula is C21H18ClF3N4O2. The number of rotatable bonds is 4. The SMILES string of the molecule is O=C(Nc1cc(C(F)(F)F)ccc1Cl)C1CCCN(c2ccc(-c3ccco3)nn2)C1. The molecule has 4 rings (SSSR count). The van der Waals surface area contributed by atoms with Crippen molar-refractivity contribution in [3.05, 3.63) is 59.3 Å². The first-order valence-electron chi connectivity index (χ1n) is 9.61. The summed E-state index contributed by atoms with van der Waals surface area (Å²) in [5.74, 6) is 0.412. The minimum Gasteiger partial charge on any atom is -0.463 e. The average molecular weight is 451 g/mol. The number of carbonyl (C=O) groups is 1. The zero-order valence-electron chi connectivity index (χ0n) is 16.2. The third-order valence-electron chi connectivity index (χ3n) is 5.09. The molecule has 6 nitrogen and oxygen atoms in total. The van der Waals surface area contributed by atoms with Gasteiger partial charge < -0.3 is 14.6 Å². The molecule has 1 aliphatic heterocycles. The highest BCUT2D eigenvalue weighted by Crippen LogP contribution is 2.34. The Hall–Kier alpha value is -3.07. The summed E-state index contributed by atoms with van der Waals surface area (Å²) in [5.41, 5.74) is -0.329. The topological polar surface area (TPSA) is 71.3 Å². The lowest BCUT2D eigenvalue weighted by Crippen LogP contribution is -2.41. The lowest BCUT2D eigenvalue weighted by atomic mass is 9.97. The zero-order chi connectivity index (χ0) is 22.0. The molecule has 1 aromatic carbocycles. The second kappa shape index (κ2) is 8.58. The lowest BCUT2D eigenvalue weighted by Gasteiger charge is -2.32. The summed E-state index contributed by atoms with van der Waals surface area (Å²) >= 11 is 5.99. The molecule has 0 aliphatic carbocycles. The number of amides is 1. The summed E-state index contributed by atoms with van der Waals surface area (Å²) in [6.45, 7) is 1.07.